The highest BCUT2D eigenvalue weighted by atomic mass is 16.5. The van der Waals surface area contributed by atoms with Gasteiger partial charge < -0.3 is 25.2 Å². The average molecular weight is 546 g/mol. The average Bonchev–Trinajstić information content (AvgIpc) is 3.27. The zero-order valence-corrected chi connectivity index (χ0v) is 22.7. The van der Waals surface area contributed by atoms with Crippen LogP contribution in [0, 0.1) is 0 Å². The molecule has 0 radical (unpaired) electrons. The van der Waals surface area contributed by atoms with Crippen molar-refractivity contribution in [3.63, 3.8) is 0 Å². The molecule has 4 rings (SSSR count). The van der Waals surface area contributed by atoms with Gasteiger partial charge in [-0.15, -0.1) is 0 Å². The van der Waals surface area contributed by atoms with Crippen LogP contribution in [0.1, 0.15) is 29.0 Å². The number of nitrogens with zero attached hydrogens (tertiary/aromatic N) is 1. The molecule has 0 saturated carbocycles. The number of methoxy groups -OCH3 is 1. The maximum atomic E-state index is 13.1. The summed E-state index contributed by atoms with van der Waals surface area (Å²) >= 11 is 0. The second-order valence-electron chi connectivity index (χ2n) is 9.91. The number of nitrogens with one attached hydrogen (secondary N) is 2. The van der Waals surface area contributed by atoms with Crippen molar-refractivity contribution in [3.8, 4) is 11.1 Å². The minimum atomic E-state index is -1.03. The summed E-state index contributed by atoms with van der Waals surface area (Å²) in [6.07, 6.45) is -1.66. The molecule has 0 bridgehead atoms. The van der Waals surface area contributed by atoms with E-state index < -0.39 is 30.1 Å². The van der Waals surface area contributed by atoms with Crippen molar-refractivity contribution >= 4 is 18.0 Å². The van der Waals surface area contributed by atoms with Crippen LogP contribution in [-0.4, -0.2) is 74.0 Å². The number of benzene rings is 3. The van der Waals surface area contributed by atoms with Crippen LogP contribution in [0.5, 0.6) is 0 Å². The molecule has 0 aliphatic heterocycles. The third-order valence-electron chi connectivity index (χ3n) is 6.98. The molecule has 40 heavy (non-hydrogen) atoms. The summed E-state index contributed by atoms with van der Waals surface area (Å²) in [6.45, 7) is 0.892. The van der Waals surface area contributed by atoms with E-state index in [1.54, 1.807) is 0 Å². The molecule has 0 fully saturated rings. The van der Waals surface area contributed by atoms with Gasteiger partial charge >= 0.3 is 12.1 Å². The van der Waals surface area contributed by atoms with E-state index in [1.165, 1.54) is 7.11 Å². The molecule has 9 nitrogen and oxygen atoms in total. The maximum Gasteiger partial charge on any atom is 0.407 e. The van der Waals surface area contributed by atoms with Gasteiger partial charge in [-0.1, -0.05) is 78.9 Å². The van der Waals surface area contributed by atoms with Crippen molar-refractivity contribution in [2.45, 2.75) is 31.0 Å². The first-order valence-electron chi connectivity index (χ1n) is 13.2. The monoisotopic (exact) mass is 545 g/mol. The van der Waals surface area contributed by atoms with Crippen molar-refractivity contribution in [1.82, 2.24) is 15.5 Å². The lowest BCUT2D eigenvalue weighted by Crippen LogP contribution is -2.53. The van der Waals surface area contributed by atoms with Gasteiger partial charge in [0.2, 0.25) is 5.91 Å². The number of fused-ring (bicyclic) bond motifs is 3. The number of likely N-dealkylation sites (N-methyl/N-ethyl adjacent to an activating group) is 1. The molecule has 210 valence electrons. The Hall–Kier alpha value is -4.21. The quantitative estimate of drug-likeness (QED) is 0.300. The van der Waals surface area contributed by atoms with Gasteiger partial charge in [0.25, 0.3) is 0 Å². The van der Waals surface area contributed by atoms with E-state index in [-0.39, 0.29) is 32.0 Å². The van der Waals surface area contributed by atoms with Crippen LogP contribution in [-0.2, 0) is 25.6 Å². The van der Waals surface area contributed by atoms with E-state index in [1.807, 2.05) is 78.7 Å². The molecule has 2 atom stereocenters. The summed E-state index contributed by atoms with van der Waals surface area (Å²) in [5, 5.41) is 14.5. The first-order chi connectivity index (χ1) is 19.4. The summed E-state index contributed by atoms with van der Waals surface area (Å²) in [5.74, 6) is -1.59. The number of carbonyl (C=O) groups excluding carboxylic acids is 2. The predicted octanol–water partition coefficient (Wildman–Crippen LogP) is 3.63. The number of alkyl carbamates (subject to hydrolysis) is 1. The Kier molecular flexibility index (Phi) is 9.88. The number of hydrogen-bond acceptors (Lipinski definition) is 6. The van der Waals surface area contributed by atoms with Crippen LogP contribution in [0.3, 0.4) is 0 Å². The van der Waals surface area contributed by atoms with Gasteiger partial charge in [-0.25, -0.2) is 4.79 Å². The molecule has 1 aliphatic carbocycles. The molecule has 9 heteroatoms. The Balaban J connectivity index is 1.41. The summed E-state index contributed by atoms with van der Waals surface area (Å²) in [5.41, 5.74) is 5.50. The normalized spacial score (nSPS) is 13.7. The van der Waals surface area contributed by atoms with E-state index >= 15 is 0 Å². The second-order valence-corrected chi connectivity index (χ2v) is 9.91. The molecule has 3 aromatic rings. The SMILES string of the molecule is COC(CNC(=O)C(CN(C)Cc1ccccc1)NC(=O)OCC1c2ccccc2-c2ccccc21)CC(=O)O. The highest BCUT2D eigenvalue weighted by Gasteiger charge is 2.30. The van der Waals surface area contributed by atoms with E-state index in [4.69, 9.17) is 14.6 Å². The topological polar surface area (TPSA) is 117 Å². The fourth-order valence-corrected chi connectivity index (χ4v) is 5.02. The lowest BCUT2D eigenvalue weighted by atomic mass is 9.98. The number of rotatable bonds is 13. The molecular weight excluding hydrogens is 510 g/mol. The fraction of sp³-hybridized carbons (Fsp3) is 0.323. The number of aliphatic carboxylic acids is 1. The molecule has 0 spiro atoms. The molecule has 2 amide bonds. The fourth-order valence-electron chi connectivity index (χ4n) is 5.02. The highest BCUT2D eigenvalue weighted by Crippen LogP contribution is 2.44. The molecule has 2 unspecified atom stereocenters. The number of hydrogen-bond donors (Lipinski definition) is 3. The third-order valence-corrected chi connectivity index (χ3v) is 6.98. The van der Waals surface area contributed by atoms with Gasteiger partial charge in [-0.05, 0) is 34.9 Å². The minimum absolute atomic E-state index is 0.00704. The molecule has 0 heterocycles. The first-order valence-corrected chi connectivity index (χ1v) is 13.2. The Morgan fingerprint density at radius 2 is 1.52 bits per heavy atom. The van der Waals surface area contributed by atoms with Gasteiger partial charge in [-0.2, -0.15) is 0 Å². The lowest BCUT2D eigenvalue weighted by molar-refractivity contribution is -0.140. The van der Waals surface area contributed by atoms with Crippen molar-refractivity contribution in [2.75, 3.05) is 33.9 Å². The number of carboxylic acids is 1. The standard InChI is InChI=1S/C31H35N3O6/c1-34(18-21-10-4-3-5-11-21)19-28(30(37)32-17-22(39-2)16-29(35)36)33-31(38)40-20-27-25-14-8-6-12-23(25)24-13-7-9-15-26(24)27/h3-15,22,27-28H,16-20H2,1-2H3,(H,32,37)(H,33,38)(H,35,36). The lowest BCUT2D eigenvalue weighted by Gasteiger charge is -2.25. The molecule has 0 aromatic heterocycles. The summed E-state index contributed by atoms with van der Waals surface area (Å²) in [6, 6.07) is 25.0. The maximum absolute atomic E-state index is 13.1. The van der Waals surface area contributed by atoms with Crippen LogP contribution in [0.2, 0.25) is 0 Å². The molecule has 0 saturated heterocycles. The van der Waals surface area contributed by atoms with Gasteiger partial charge in [0.15, 0.2) is 0 Å². The van der Waals surface area contributed by atoms with Gasteiger partial charge in [0.05, 0.1) is 12.5 Å². The number of ether oxygens (including phenoxy) is 2. The van der Waals surface area contributed by atoms with Crippen LogP contribution >= 0.6 is 0 Å². The Bertz CT molecular complexity index is 1270. The summed E-state index contributed by atoms with van der Waals surface area (Å²) < 4.78 is 10.8. The Morgan fingerprint density at radius 3 is 2.12 bits per heavy atom. The number of carboxylic acid groups (broad SMARTS) is 1. The summed E-state index contributed by atoms with van der Waals surface area (Å²) in [7, 11) is 3.24. The van der Waals surface area contributed by atoms with E-state index in [0.29, 0.717) is 6.54 Å². The van der Waals surface area contributed by atoms with Crippen molar-refractivity contribution < 1.29 is 29.0 Å². The van der Waals surface area contributed by atoms with Crippen LogP contribution < -0.4 is 10.6 Å². The van der Waals surface area contributed by atoms with Crippen molar-refractivity contribution in [2.24, 2.45) is 0 Å². The largest absolute Gasteiger partial charge is 0.481 e. The number of carbonyl (C=O) groups is 3. The van der Waals surface area contributed by atoms with Crippen LogP contribution in [0.25, 0.3) is 11.1 Å². The zero-order valence-electron chi connectivity index (χ0n) is 22.7. The van der Waals surface area contributed by atoms with Crippen molar-refractivity contribution in [3.05, 3.63) is 95.6 Å². The van der Waals surface area contributed by atoms with E-state index in [2.05, 4.69) is 22.8 Å². The zero-order chi connectivity index (χ0) is 28.5. The molecular formula is C31H35N3O6. The van der Waals surface area contributed by atoms with Crippen molar-refractivity contribution in [1.29, 1.82) is 0 Å². The van der Waals surface area contributed by atoms with Gasteiger partial charge in [0.1, 0.15) is 12.6 Å². The van der Waals surface area contributed by atoms with E-state index in [0.717, 1.165) is 27.8 Å². The summed E-state index contributed by atoms with van der Waals surface area (Å²) in [4.78, 5) is 39.1. The predicted molar refractivity (Wildman–Crippen MR) is 151 cm³/mol. The van der Waals surface area contributed by atoms with Crippen LogP contribution in [0.4, 0.5) is 4.79 Å². The number of amides is 2. The Morgan fingerprint density at radius 1 is 0.925 bits per heavy atom. The molecule has 3 aromatic carbocycles. The molecule has 1 aliphatic rings. The smallest absolute Gasteiger partial charge is 0.407 e. The van der Waals surface area contributed by atoms with Gasteiger partial charge in [-0.3, -0.25) is 14.5 Å². The van der Waals surface area contributed by atoms with E-state index in [9.17, 15) is 14.4 Å². The van der Waals surface area contributed by atoms with Crippen LogP contribution in [0.15, 0.2) is 78.9 Å². The van der Waals surface area contributed by atoms with Gasteiger partial charge in [0, 0.05) is 32.7 Å². The Labute approximate surface area is 234 Å². The third kappa shape index (κ3) is 7.46. The first kappa shape index (κ1) is 28.8. The second kappa shape index (κ2) is 13.7. The molecule has 3 N–H and O–H groups in total. The highest BCUT2D eigenvalue weighted by molar-refractivity contribution is 5.86. The minimum Gasteiger partial charge on any atom is -0.481 e.